The molecule has 0 aliphatic heterocycles. The minimum absolute atomic E-state index is 0.160. The molecule has 0 saturated heterocycles. The zero-order valence-corrected chi connectivity index (χ0v) is 6.22. The normalized spacial score (nSPS) is 11.2. The first-order valence-corrected chi connectivity index (χ1v) is 2.94. The predicted molar refractivity (Wildman–Crippen MR) is 39.3 cm³/mol. The zero-order chi connectivity index (χ0) is 8.15. The van der Waals surface area contributed by atoms with Gasteiger partial charge in [-0.15, -0.1) is 0 Å². The minimum Gasteiger partial charge on any atom is -0.411 e. The van der Waals surface area contributed by atoms with Gasteiger partial charge in [0.05, 0.1) is 0 Å². The van der Waals surface area contributed by atoms with Crippen LogP contribution in [0.3, 0.4) is 0 Å². The third kappa shape index (κ3) is 3.02. The van der Waals surface area contributed by atoms with Crippen LogP contribution in [0.5, 0.6) is 0 Å². The number of allylic oxidation sites excluding steroid dienone is 1. The van der Waals surface area contributed by atoms with E-state index in [9.17, 15) is 4.79 Å². The van der Waals surface area contributed by atoms with Crippen LogP contribution in [0.1, 0.15) is 20.3 Å². The third-order valence-electron chi connectivity index (χ3n) is 0.996. The lowest BCUT2D eigenvalue weighted by atomic mass is 10.1. The van der Waals surface area contributed by atoms with Gasteiger partial charge in [0.25, 0.3) is 0 Å². The average Bonchev–Trinajstić information content (AvgIpc) is 1.81. The van der Waals surface area contributed by atoms with Crippen molar-refractivity contribution in [1.82, 2.24) is 0 Å². The fourth-order valence-electron chi connectivity index (χ4n) is 0.516. The number of oxime groups is 1. The van der Waals surface area contributed by atoms with Crippen molar-refractivity contribution in [3.63, 3.8) is 0 Å². The quantitative estimate of drug-likeness (QED) is 0.279. The first-order chi connectivity index (χ1) is 4.57. The molecule has 0 aromatic carbocycles. The Morgan fingerprint density at radius 2 is 2.10 bits per heavy atom. The van der Waals surface area contributed by atoms with Gasteiger partial charge in [-0.2, -0.15) is 0 Å². The van der Waals surface area contributed by atoms with Gasteiger partial charge in [-0.25, -0.2) is 0 Å². The van der Waals surface area contributed by atoms with E-state index in [1.165, 1.54) is 6.92 Å². The molecule has 0 radical (unpaired) electrons. The summed E-state index contributed by atoms with van der Waals surface area (Å²) in [4.78, 5) is 10.6. The number of hydrogen-bond acceptors (Lipinski definition) is 3. The van der Waals surface area contributed by atoms with Gasteiger partial charge in [-0.05, 0) is 6.92 Å². The van der Waals surface area contributed by atoms with Crippen molar-refractivity contribution in [3.05, 3.63) is 12.2 Å². The Hall–Kier alpha value is -1.12. The summed E-state index contributed by atoms with van der Waals surface area (Å²) in [5.74, 6) is -0.217. The molecule has 0 aromatic heterocycles. The molecule has 0 aromatic rings. The van der Waals surface area contributed by atoms with Crippen molar-refractivity contribution in [2.45, 2.75) is 20.3 Å². The molecule has 0 fully saturated rings. The van der Waals surface area contributed by atoms with Crippen molar-refractivity contribution < 1.29 is 10.0 Å². The highest BCUT2D eigenvalue weighted by Crippen LogP contribution is 1.98. The van der Waals surface area contributed by atoms with E-state index in [4.69, 9.17) is 5.21 Å². The van der Waals surface area contributed by atoms with Gasteiger partial charge in [0.1, 0.15) is 5.71 Å². The second-order valence-corrected chi connectivity index (χ2v) is 2.24. The van der Waals surface area contributed by atoms with E-state index in [0.29, 0.717) is 6.42 Å². The van der Waals surface area contributed by atoms with Gasteiger partial charge >= 0.3 is 0 Å². The molecule has 0 bridgehead atoms. The molecule has 0 heterocycles. The average molecular weight is 141 g/mol. The molecule has 56 valence electrons. The number of Topliss-reactive ketones (excluding diaryl/α,β-unsaturated/α-hetero) is 1. The van der Waals surface area contributed by atoms with Gasteiger partial charge < -0.3 is 5.21 Å². The van der Waals surface area contributed by atoms with Crippen molar-refractivity contribution in [3.8, 4) is 0 Å². The van der Waals surface area contributed by atoms with E-state index in [1.54, 1.807) is 6.92 Å². The molecule has 0 atom stereocenters. The number of rotatable bonds is 3. The highest BCUT2D eigenvalue weighted by Gasteiger charge is 2.05. The molecule has 3 nitrogen and oxygen atoms in total. The first-order valence-electron chi connectivity index (χ1n) is 2.94. The van der Waals surface area contributed by atoms with Crippen LogP contribution >= 0.6 is 0 Å². The third-order valence-corrected chi connectivity index (χ3v) is 0.996. The summed E-state index contributed by atoms with van der Waals surface area (Å²) in [5, 5.41) is 11.1. The molecular formula is C7H11NO2. The van der Waals surface area contributed by atoms with E-state index in [2.05, 4.69) is 11.7 Å². The van der Waals surface area contributed by atoms with Gasteiger partial charge in [0.2, 0.25) is 0 Å². The highest BCUT2D eigenvalue weighted by atomic mass is 16.4. The Balaban J connectivity index is 4.12. The van der Waals surface area contributed by atoms with E-state index < -0.39 is 0 Å². The summed E-state index contributed by atoms with van der Waals surface area (Å²) in [5.41, 5.74) is 0.968. The van der Waals surface area contributed by atoms with Crippen LogP contribution in [0.25, 0.3) is 0 Å². The maximum atomic E-state index is 10.6. The monoisotopic (exact) mass is 141 g/mol. The van der Waals surface area contributed by atoms with Crippen LogP contribution in [-0.2, 0) is 4.79 Å². The van der Waals surface area contributed by atoms with Gasteiger partial charge in [-0.1, -0.05) is 17.3 Å². The fraction of sp³-hybridized carbons (Fsp3) is 0.429. The lowest BCUT2D eigenvalue weighted by molar-refractivity contribution is -0.111. The maximum absolute atomic E-state index is 10.6. The Kier molecular flexibility index (Phi) is 3.39. The molecule has 0 aliphatic rings. The summed E-state index contributed by atoms with van der Waals surface area (Å²) in [6.45, 7) is 6.71. The van der Waals surface area contributed by atoms with Crippen LogP contribution in [-0.4, -0.2) is 16.7 Å². The predicted octanol–water partition coefficient (Wildman–Crippen LogP) is 1.37. The molecule has 0 aliphatic carbocycles. The standard InChI is InChI=1S/C7H11NO2/c1-5(2)4-7(8-10)6(3)9/h10H,1,4H2,2-3H3/b8-7-. The van der Waals surface area contributed by atoms with Crippen molar-refractivity contribution in [2.24, 2.45) is 5.16 Å². The maximum Gasteiger partial charge on any atom is 0.177 e. The molecule has 0 amide bonds. The molecule has 0 spiro atoms. The molecular weight excluding hydrogens is 130 g/mol. The lowest BCUT2D eigenvalue weighted by Crippen LogP contribution is -2.09. The number of ketones is 1. The lowest BCUT2D eigenvalue weighted by Gasteiger charge is -1.96. The Morgan fingerprint density at radius 3 is 2.20 bits per heavy atom. The van der Waals surface area contributed by atoms with Crippen LogP contribution in [0.15, 0.2) is 17.3 Å². The largest absolute Gasteiger partial charge is 0.411 e. The SMILES string of the molecule is C=C(C)C/C(=N/O)C(C)=O. The molecule has 1 N–H and O–H groups in total. The Labute approximate surface area is 60.0 Å². The topological polar surface area (TPSA) is 49.7 Å². The van der Waals surface area contributed by atoms with E-state index in [0.717, 1.165) is 5.57 Å². The minimum atomic E-state index is -0.217. The Bertz CT molecular complexity index is 182. The highest BCUT2D eigenvalue weighted by molar-refractivity contribution is 6.39. The van der Waals surface area contributed by atoms with Gasteiger partial charge in [0.15, 0.2) is 5.78 Å². The molecule has 0 rings (SSSR count). The van der Waals surface area contributed by atoms with Crippen molar-refractivity contribution in [1.29, 1.82) is 0 Å². The molecule has 0 saturated carbocycles. The van der Waals surface area contributed by atoms with E-state index in [1.807, 2.05) is 0 Å². The molecule has 0 unspecified atom stereocenters. The molecule has 3 heteroatoms. The van der Waals surface area contributed by atoms with Crippen LogP contribution < -0.4 is 0 Å². The first kappa shape index (κ1) is 8.88. The number of carbonyl (C=O) groups is 1. The van der Waals surface area contributed by atoms with E-state index >= 15 is 0 Å². The number of hydrogen-bond donors (Lipinski definition) is 1. The smallest absolute Gasteiger partial charge is 0.177 e. The second kappa shape index (κ2) is 3.82. The summed E-state index contributed by atoms with van der Waals surface area (Å²) >= 11 is 0. The Morgan fingerprint density at radius 1 is 1.60 bits per heavy atom. The van der Waals surface area contributed by atoms with Gasteiger partial charge in [0, 0.05) is 13.3 Å². The summed E-state index contributed by atoms with van der Waals surface area (Å²) < 4.78 is 0. The zero-order valence-electron chi connectivity index (χ0n) is 6.22. The van der Waals surface area contributed by atoms with Crippen molar-refractivity contribution >= 4 is 11.5 Å². The number of carbonyl (C=O) groups excluding carboxylic acids is 1. The number of nitrogens with zero attached hydrogens (tertiary/aromatic N) is 1. The van der Waals surface area contributed by atoms with Crippen molar-refractivity contribution in [2.75, 3.05) is 0 Å². The van der Waals surface area contributed by atoms with Crippen LogP contribution in [0.4, 0.5) is 0 Å². The summed E-state index contributed by atoms with van der Waals surface area (Å²) in [7, 11) is 0. The fourth-order valence-corrected chi connectivity index (χ4v) is 0.516. The van der Waals surface area contributed by atoms with E-state index in [-0.39, 0.29) is 11.5 Å². The summed E-state index contributed by atoms with van der Waals surface area (Å²) in [6.07, 6.45) is 0.353. The summed E-state index contributed by atoms with van der Waals surface area (Å²) in [6, 6.07) is 0. The van der Waals surface area contributed by atoms with Crippen LogP contribution in [0.2, 0.25) is 0 Å². The van der Waals surface area contributed by atoms with Crippen LogP contribution in [0, 0.1) is 0 Å². The molecule has 10 heavy (non-hydrogen) atoms. The second-order valence-electron chi connectivity index (χ2n) is 2.24. The van der Waals surface area contributed by atoms with Gasteiger partial charge in [-0.3, -0.25) is 4.79 Å².